The van der Waals surface area contributed by atoms with Gasteiger partial charge in [0.25, 0.3) is 5.91 Å². The van der Waals surface area contributed by atoms with Gasteiger partial charge in [0.15, 0.2) is 0 Å². The quantitative estimate of drug-likeness (QED) is 0.901. The number of rotatable bonds is 5. The maximum atomic E-state index is 12.8. The molecule has 0 spiro atoms. The van der Waals surface area contributed by atoms with Crippen molar-refractivity contribution in [3.8, 4) is 0 Å². The van der Waals surface area contributed by atoms with Gasteiger partial charge >= 0.3 is 0 Å². The first kappa shape index (κ1) is 16.7. The molecule has 0 aliphatic carbocycles. The second-order valence-corrected chi connectivity index (χ2v) is 6.34. The van der Waals surface area contributed by atoms with Crippen LogP contribution in [-0.2, 0) is 18.4 Å². The summed E-state index contributed by atoms with van der Waals surface area (Å²) in [6.45, 7) is 1.77. The second kappa shape index (κ2) is 7.15. The van der Waals surface area contributed by atoms with E-state index in [4.69, 9.17) is 4.74 Å². The summed E-state index contributed by atoms with van der Waals surface area (Å²) in [6, 6.07) is 7.49. The standard InChI is InChI=1S/C18H23N3O3/c1-20-8-15(7-19-20)17-10-21(9-16(17)11-22)18(23)14-5-3-13(4-6-14)12-24-2/h3-8,16-17,22H,9-12H2,1-2H3/t16-,17-/m0/s1. The first-order chi connectivity index (χ1) is 11.6. The summed E-state index contributed by atoms with van der Waals surface area (Å²) in [5, 5.41) is 13.9. The summed E-state index contributed by atoms with van der Waals surface area (Å²) in [5.41, 5.74) is 2.78. The van der Waals surface area contributed by atoms with Gasteiger partial charge in [-0.2, -0.15) is 5.10 Å². The smallest absolute Gasteiger partial charge is 0.253 e. The number of hydrogen-bond acceptors (Lipinski definition) is 4. The number of benzene rings is 1. The van der Waals surface area contributed by atoms with Crippen LogP contribution in [0.1, 0.15) is 27.4 Å². The molecule has 1 N–H and O–H groups in total. The van der Waals surface area contributed by atoms with Gasteiger partial charge in [-0.1, -0.05) is 12.1 Å². The van der Waals surface area contributed by atoms with Crippen molar-refractivity contribution < 1.29 is 14.6 Å². The zero-order valence-electron chi connectivity index (χ0n) is 14.1. The van der Waals surface area contributed by atoms with Crippen LogP contribution in [-0.4, -0.2) is 52.5 Å². The third-order valence-electron chi connectivity index (χ3n) is 4.63. The van der Waals surface area contributed by atoms with E-state index in [1.54, 1.807) is 11.8 Å². The minimum absolute atomic E-state index is 0.00353. The number of methoxy groups -OCH3 is 1. The molecule has 1 aliphatic rings. The van der Waals surface area contributed by atoms with E-state index in [9.17, 15) is 9.90 Å². The third kappa shape index (κ3) is 3.34. The lowest BCUT2D eigenvalue weighted by atomic mass is 9.92. The normalized spacial score (nSPS) is 20.5. The maximum Gasteiger partial charge on any atom is 0.253 e. The number of aromatic nitrogens is 2. The molecule has 1 aromatic carbocycles. The Balaban J connectivity index is 1.73. The van der Waals surface area contributed by atoms with Crippen molar-refractivity contribution in [3.05, 3.63) is 53.3 Å². The van der Waals surface area contributed by atoms with Gasteiger partial charge in [-0.05, 0) is 23.3 Å². The number of hydrogen-bond donors (Lipinski definition) is 1. The number of aryl methyl sites for hydroxylation is 1. The van der Waals surface area contributed by atoms with E-state index in [1.807, 2.05) is 48.6 Å². The van der Waals surface area contributed by atoms with Crippen LogP contribution in [0.5, 0.6) is 0 Å². The predicted molar refractivity (Wildman–Crippen MR) is 89.6 cm³/mol. The lowest BCUT2D eigenvalue weighted by molar-refractivity contribution is 0.0781. The van der Waals surface area contributed by atoms with Crippen molar-refractivity contribution in [1.29, 1.82) is 0 Å². The van der Waals surface area contributed by atoms with E-state index in [2.05, 4.69) is 5.10 Å². The average Bonchev–Trinajstić information content (AvgIpc) is 3.21. The highest BCUT2D eigenvalue weighted by molar-refractivity contribution is 5.94. The van der Waals surface area contributed by atoms with Crippen molar-refractivity contribution in [2.45, 2.75) is 12.5 Å². The number of amides is 1. The lowest BCUT2D eigenvalue weighted by Gasteiger charge is -2.16. The third-order valence-corrected chi connectivity index (χ3v) is 4.63. The van der Waals surface area contributed by atoms with Gasteiger partial charge in [0.1, 0.15) is 0 Å². The van der Waals surface area contributed by atoms with E-state index in [0.29, 0.717) is 25.3 Å². The van der Waals surface area contributed by atoms with Gasteiger partial charge in [-0.3, -0.25) is 9.48 Å². The molecule has 2 heterocycles. The molecule has 1 aromatic heterocycles. The van der Waals surface area contributed by atoms with E-state index in [1.165, 1.54) is 0 Å². The molecule has 1 fully saturated rings. The van der Waals surface area contributed by atoms with Gasteiger partial charge < -0.3 is 14.7 Å². The van der Waals surface area contributed by atoms with Crippen molar-refractivity contribution >= 4 is 5.91 Å². The van der Waals surface area contributed by atoms with Crippen molar-refractivity contribution in [1.82, 2.24) is 14.7 Å². The molecule has 0 unspecified atom stereocenters. The van der Waals surface area contributed by atoms with Gasteiger partial charge in [-0.25, -0.2) is 0 Å². The first-order valence-electron chi connectivity index (χ1n) is 8.09. The summed E-state index contributed by atoms with van der Waals surface area (Å²) < 4.78 is 6.84. The molecular formula is C18H23N3O3. The number of carbonyl (C=O) groups excluding carboxylic acids is 1. The Morgan fingerprint density at radius 2 is 2.08 bits per heavy atom. The molecular weight excluding hydrogens is 306 g/mol. The first-order valence-corrected chi connectivity index (χ1v) is 8.09. The number of nitrogens with zero attached hydrogens (tertiary/aromatic N) is 3. The topological polar surface area (TPSA) is 67.6 Å². The lowest BCUT2D eigenvalue weighted by Crippen LogP contribution is -2.29. The molecule has 24 heavy (non-hydrogen) atoms. The van der Waals surface area contributed by atoms with Gasteiger partial charge in [-0.15, -0.1) is 0 Å². The minimum atomic E-state index is 0.00353. The van der Waals surface area contributed by atoms with Crippen LogP contribution in [0.2, 0.25) is 0 Å². The van der Waals surface area contributed by atoms with E-state index < -0.39 is 0 Å². The summed E-state index contributed by atoms with van der Waals surface area (Å²) in [6.07, 6.45) is 3.78. The van der Waals surface area contributed by atoms with E-state index in [-0.39, 0.29) is 24.3 Å². The highest BCUT2D eigenvalue weighted by Crippen LogP contribution is 2.33. The zero-order chi connectivity index (χ0) is 17.1. The summed E-state index contributed by atoms with van der Waals surface area (Å²) in [4.78, 5) is 14.6. The summed E-state index contributed by atoms with van der Waals surface area (Å²) in [5.74, 6) is 0.176. The fourth-order valence-corrected chi connectivity index (χ4v) is 3.32. The van der Waals surface area contributed by atoms with Crippen molar-refractivity contribution in [2.24, 2.45) is 13.0 Å². The Kier molecular flexibility index (Phi) is 4.97. The number of aliphatic hydroxyl groups is 1. The van der Waals surface area contributed by atoms with Gasteiger partial charge in [0.2, 0.25) is 0 Å². The highest BCUT2D eigenvalue weighted by Gasteiger charge is 2.36. The average molecular weight is 329 g/mol. The molecule has 6 nitrogen and oxygen atoms in total. The van der Waals surface area contributed by atoms with Crippen LogP contribution in [0.15, 0.2) is 36.7 Å². The number of carbonyl (C=O) groups is 1. The largest absolute Gasteiger partial charge is 0.396 e. The highest BCUT2D eigenvalue weighted by atomic mass is 16.5. The Morgan fingerprint density at radius 1 is 1.33 bits per heavy atom. The van der Waals surface area contributed by atoms with Crippen molar-refractivity contribution in [3.63, 3.8) is 0 Å². The van der Waals surface area contributed by atoms with Crippen LogP contribution in [0, 0.1) is 5.92 Å². The molecule has 1 aliphatic heterocycles. The number of likely N-dealkylation sites (tertiary alicyclic amines) is 1. The molecule has 0 saturated carbocycles. The Bertz CT molecular complexity index is 696. The fourth-order valence-electron chi connectivity index (χ4n) is 3.32. The molecule has 6 heteroatoms. The second-order valence-electron chi connectivity index (χ2n) is 6.34. The molecule has 2 atom stereocenters. The Hall–Kier alpha value is -2.18. The van der Waals surface area contributed by atoms with Crippen molar-refractivity contribution in [2.75, 3.05) is 26.8 Å². The summed E-state index contributed by atoms with van der Waals surface area (Å²) in [7, 11) is 3.52. The Morgan fingerprint density at radius 3 is 2.67 bits per heavy atom. The molecule has 1 saturated heterocycles. The monoisotopic (exact) mass is 329 g/mol. The molecule has 1 amide bonds. The fraction of sp³-hybridized carbons (Fsp3) is 0.444. The number of aliphatic hydroxyl groups excluding tert-OH is 1. The molecule has 0 bridgehead atoms. The maximum absolute atomic E-state index is 12.8. The van der Waals surface area contributed by atoms with E-state index in [0.717, 1.165) is 11.1 Å². The van der Waals surface area contributed by atoms with Crippen LogP contribution in [0.4, 0.5) is 0 Å². The SMILES string of the molecule is COCc1ccc(C(=O)N2C[C@@H](CO)[C@H](c3cnn(C)c3)C2)cc1. The zero-order valence-corrected chi connectivity index (χ0v) is 14.1. The summed E-state index contributed by atoms with van der Waals surface area (Å²) >= 11 is 0. The Labute approximate surface area is 141 Å². The van der Waals surface area contributed by atoms with Gasteiger partial charge in [0.05, 0.1) is 12.8 Å². The molecule has 2 aromatic rings. The molecule has 3 rings (SSSR count). The van der Waals surface area contributed by atoms with Crippen LogP contribution in [0.25, 0.3) is 0 Å². The van der Waals surface area contributed by atoms with Crippen LogP contribution in [0.3, 0.4) is 0 Å². The number of ether oxygens (including phenoxy) is 1. The van der Waals surface area contributed by atoms with E-state index >= 15 is 0 Å². The van der Waals surface area contributed by atoms with Crippen LogP contribution >= 0.6 is 0 Å². The predicted octanol–water partition coefficient (Wildman–Crippen LogP) is 1.41. The molecule has 0 radical (unpaired) electrons. The van der Waals surface area contributed by atoms with Crippen LogP contribution < -0.4 is 0 Å². The molecule has 128 valence electrons. The minimum Gasteiger partial charge on any atom is -0.396 e. The van der Waals surface area contributed by atoms with Gasteiger partial charge in [0, 0.05) is 57.4 Å².